The summed E-state index contributed by atoms with van der Waals surface area (Å²) in [5, 5.41) is 13.1. The molecule has 4 heteroatoms. The van der Waals surface area contributed by atoms with Gasteiger partial charge in [0.25, 0.3) is 0 Å². The van der Waals surface area contributed by atoms with E-state index in [1.54, 1.807) is 0 Å². The Hall–Kier alpha value is -0.190. The lowest BCUT2D eigenvalue weighted by atomic mass is 9.96. The number of nitrogens with one attached hydrogen (secondary N) is 1. The molecule has 1 aromatic rings. The van der Waals surface area contributed by atoms with E-state index in [1.165, 1.54) is 12.2 Å². The first-order valence-corrected chi connectivity index (χ1v) is 7.41. The second-order valence-corrected chi connectivity index (χ2v) is 6.25. The van der Waals surface area contributed by atoms with E-state index in [0.717, 1.165) is 22.3 Å². The monoisotopic (exact) mass is 301 g/mol. The summed E-state index contributed by atoms with van der Waals surface area (Å²) >= 11 is 5.37. The first-order valence-electron chi connectivity index (χ1n) is 5.46. The molecule has 2 N–H and O–H groups in total. The zero-order valence-corrected chi connectivity index (χ0v) is 11.5. The molecular weight excluding hydrogens is 286 g/mol. The van der Waals surface area contributed by atoms with Crippen molar-refractivity contribution in [3.05, 3.63) is 28.7 Å². The summed E-state index contributed by atoms with van der Waals surface area (Å²) in [6.07, 6.45) is 2.22. The fourth-order valence-corrected chi connectivity index (χ4v) is 3.58. The van der Waals surface area contributed by atoms with Crippen LogP contribution in [0.1, 0.15) is 12.8 Å². The zero-order chi connectivity index (χ0) is 11.4. The number of thioether (sulfide) groups is 1. The number of benzene rings is 1. The molecule has 0 bridgehead atoms. The molecule has 0 saturated carbocycles. The maximum Gasteiger partial charge on any atom is 0.0694 e. The summed E-state index contributed by atoms with van der Waals surface area (Å²) in [5.41, 5.74) is 0.940. The Morgan fingerprint density at radius 1 is 1.50 bits per heavy atom. The van der Waals surface area contributed by atoms with Gasteiger partial charge < -0.3 is 10.4 Å². The number of hydrogen-bond donors (Lipinski definition) is 2. The van der Waals surface area contributed by atoms with Gasteiger partial charge in [-0.2, -0.15) is 11.8 Å². The normalized spacial score (nSPS) is 25.4. The Morgan fingerprint density at radius 3 is 3.00 bits per heavy atom. The van der Waals surface area contributed by atoms with Crippen molar-refractivity contribution in [3.8, 4) is 0 Å². The molecule has 2 nitrogen and oxygen atoms in total. The number of anilines is 1. The van der Waals surface area contributed by atoms with E-state index >= 15 is 0 Å². The maximum absolute atomic E-state index is 9.58. The second-order valence-electron chi connectivity index (χ2n) is 4.23. The molecular formula is C12H16BrNOS. The molecule has 0 aromatic heterocycles. The van der Waals surface area contributed by atoms with Crippen molar-refractivity contribution < 1.29 is 5.11 Å². The molecule has 0 aliphatic carbocycles. The fourth-order valence-electron chi connectivity index (χ4n) is 1.99. The Kier molecular flexibility index (Phi) is 4.16. The molecule has 16 heavy (non-hydrogen) atoms. The highest BCUT2D eigenvalue weighted by Gasteiger charge is 2.31. The average Bonchev–Trinajstić information content (AvgIpc) is 2.30. The van der Waals surface area contributed by atoms with Gasteiger partial charge in [0.1, 0.15) is 0 Å². The van der Waals surface area contributed by atoms with Crippen LogP contribution in [0, 0.1) is 0 Å². The van der Waals surface area contributed by atoms with Crippen LogP contribution >= 0.6 is 27.7 Å². The van der Waals surface area contributed by atoms with Crippen LogP contribution in [0.15, 0.2) is 28.7 Å². The van der Waals surface area contributed by atoms with Crippen molar-refractivity contribution >= 4 is 33.4 Å². The van der Waals surface area contributed by atoms with Gasteiger partial charge in [-0.25, -0.2) is 0 Å². The summed E-state index contributed by atoms with van der Waals surface area (Å²) in [6, 6.07) is 8.11. The third-order valence-electron chi connectivity index (χ3n) is 2.86. The van der Waals surface area contributed by atoms with Crippen LogP contribution in [0.3, 0.4) is 0 Å². The highest BCUT2D eigenvalue weighted by molar-refractivity contribution is 9.10. The molecule has 1 aliphatic heterocycles. The van der Waals surface area contributed by atoms with E-state index in [0.29, 0.717) is 0 Å². The molecule has 1 aromatic carbocycles. The Labute approximate surface area is 109 Å². The van der Waals surface area contributed by atoms with Gasteiger partial charge in [0.05, 0.1) is 12.1 Å². The Morgan fingerprint density at radius 2 is 2.38 bits per heavy atom. The Balaban J connectivity index is 2.11. The number of aliphatic hydroxyl groups is 1. The van der Waals surface area contributed by atoms with Crippen LogP contribution in [0.4, 0.5) is 5.69 Å². The Bertz CT molecular complexity index is 353. The van der Waals surface area contributed by atoms with Crippen molar-refractivity contribution in [3.63, 3.8) is 0 Å². The summed E-state index contributed by atoms with van der Waals surface area (Å²) < 4.78 is 1.06. The van der Waals surface area contributed by atoms with Crippen molar-refractivity contribution in [2.75, 3.05) is 23.4 Å². The maximum atomic E-state index is 9.58. The van der Waals surface area contributed by atoms with Crippen molar-refractivity contribution in [1.29, 1.82) is 0 Å². The molecule has 88 valence electrons. The lowest BCUT2D eigenvalue weighted by Gasteiger charge is -2.37. The predicted molar refractivity (Wildman–Crippen MR) is 74.1 cm³/mol. The van der Waals surface area contributed by atoms with Crippen molar-refractivity contribution in [2.45, 2.75) is 18.4 Å². The molecule has 1 atom stereocenters. The largest absolute Gasteiger partial charge is 0.394 e. The van der Waals surface area contributed by atoms with E-state index in [2.05, 4.69) is 27.3 Å². The van der Waals surface area contributed by atoms with Crippen LogP contribution in [-0.4, -0.2) is 28.8 Å². The topological polar surface area (TPSA) is 32.3 Å². The minimum atomic E-state index is -0.135. The third kappa shape index (κ3) is 2.93. The number of halogens is 1. The smallest absolute Gasteiger partial charge is 0.0694 e. The fraction of sp³-hybridized carbons (Fsp3) is 0.500. The van der Waals surface area contributed by atoms with Crippen molar-refractivity contribution in [1.82, 2.24) is 0 Å². The molecule has 0 radical (unpaired) electrons. The van der Waals surface area contributed by atoms with Crippen LogP contribution in [0.5, 0.6) is 0 Å². The first kappa shape index (κ1) is 12.3. The van der Waals surface area contributed by atoms with Gasteiger partial charge in [0.2, 0.25) is 0 Å². The molecule has 1 heterocycles. The van der Waals surface area contributed by atoms with E-state index in [1.807, 2.05) is 30.0 Å². The van der Waals surface area contributed by atoms with Gasteiger partial charge in [-0.3, -0.25) is 0 Å². The third-order valence-corrected chi connectivity index (χ3v) is 4.69. The van der Waals surface area contributed by atoms with E-state index in [-0.39, 0.29) is 12.1 Å². The minimum Gasteiger partial charge on any atom is -0.394 e. The van der Waals surface area contributed by atoms with Gasteiger partial charge in [-0.15, -0.1) is 0 Å². The molecule has 1 unspecified atom stereocenters. The molecule has 0 spiro atoms. The first-order chi connectivity index (χ1) is 7.74. The molecule has 1 aliphatic rings. The molecule has 1 fully saturated rings. The number of rotatable bonds is 3. The van der Waals surface area contributed by atoms with Crippen LogP contribution in [0.25, 0.3) is 0 Å². The minimum absolute atomic E-state index is 0.135. The lowest BCUT2D eigenvalue weighted by molar-refractivity contribution is 0.215. The standard InChI is InChI=1S/C12H16BrNOS/c13-10-3-1-4-11(7-10)14-12(8-15)5-2-6-16-9-12/h1,3-4,7,14-15H,2,5-6,8-9H2. The van der Waals surface area contributed by atoms with E-state index in [4.69, 9.17) is 0 Å². The quantitative estimate of drug-likeness (QED) is 0.900. The average molecular weight is 302 g/mol. The van der Waals surface area contributed by atoms with Gasteiger partial charge in [0.15, 0.2) is 0 Å². The summed E-state index contributed by atoms with van der Waals surface area (Å²) in [6.45, 7) is 0.201. The predicted octanol–water partition coefficient (Wildman–Crippen LogP) is 3.12. The van der Waals surface area contributed by atoms with Gasteiger partial charge >= 0.3 is 0 Å². The van der Waals surface area contributed by atoms with Crippen LogP contribution < -0.4 is 5.32 Å². The zero-order valence-electron chi connectivity index (χ0n) is 9.08. The SMILES string of the molecule is OCC1(Nc2cccc(Br)c2)CCCSC1. The number of aliphatic hydroxyl groups excluding tert-OH is 1. The van der Waals surface area contributed by atoms with Gasteiger partial charge in [-0.05, 0) is 36.8 Å². The van der Waals surface area contributed by atoms with Crippen LogP contribution in [0.2, 0.25) is 0 Å². The number of hydrogen-bond acceptors (Lipinski definition) is 3. The summed E-state index contributed by atoms with van der Waals surface area (Å²) in [4.78, 5) is 0. The molecule has 1 saturated heterocycles. The highest BCUT2D eigenvalue weighted by atomic mass is 79.9. The second kappa shape index (κ2) is 5.43. The van der Waals surface area contributed by atoms with E-state index in [9.17, 15) is 5.11 Å². The summed E-state index contributed by atoms with van der Waals surface area (Å²) in [5.74, 6) is 2.19. The van der Waals surface area contributed by atoms with Gasteiger partial charge in [0, 0.05) is 15.9 Å². The highest BCUT2D eigenvalue weighted by Crippen LogP contribution is 2.30. The summed E-state index contributed by atoms with van der Waals surface area (Å²) in [7, 11) is 0. The molecule has 2 rings (SSSR count). The lowest BCUT2D eigenvalue weighted by Crippen LogP contribution is -2.46. The van der Waals surface area contributed by atoms with Crippen molar-refractivity contribution in [2.24, 2.45) is 0 Å². The van der Waals surface area contributed by atoms with Crippen LogP contribution in [-0.2, 0) is 0 Å². The van der Waals surface area contributed by atoms with E-state index < -0.39 is 0 Å². The van der Waals surface area contributed by atoms with Gasteiger partial charge in [-0.1, -0.05) is 22.0 Å². The molecule has 0 amide bonds.